The number of ether oxygens (including phenoxy) is 2. The maximum Gasteiger partial charge on any atom is 0.308 e. The number of aliphatic hydroxyl groups excluding tert-OH is 2. The number of hydrogen-bond acceptors (Lipinski definition) is 7. The zero-order valence-electron chi connectivity index (χ0n) is 19.2. The molecule has 0 heterocycles. The number of methoxy groups -OCH3 is 1. The van der Waals surface area contributed by atoms with E-state index in [1.807, 2.05) is 13.8 Å². The predicted molar refractivity (Wildman–Crippen MR) is 115 cm³/mol. The molecule has 1 saturated carbocycles. The molecule has 2 N–H and O–H groups in total. The first kappa shape index (κ1) is 25.5. The zero-order valence-corrected chi connectivity index (χ0v) is 19.2. The van der Waals surface area contributed by atoms with Gasteiger partial charge in [0, 0.05) is 25.2 Å². The van der Waals surface area contributed by atoms with E-state index in [-0.39, 0.29) is 60.3 Å². The Kier molecular flexibility index (Phi) is 9.69. The second-order valence-electron chi connectivity index (χ2n) is 9.27. The van der Waals surface area contributed by atoms with Gasteiger partial charge in [0.15, 0.2) is 0 Å². The Morgan fingerprint density at radius 1 is 1.16 bits per heavy atom. The smallest absolute Gasteiger partial charge is 0.308 e. The molecule has 0 bridgehead atoms. The van der Waals surface area contributed by atoms with Crippen molar-refractivity contribution in [1.82, 2.24) is 0 Å². The highest BCUT2D eigenvalue weighted by Crippen LogP contribution is 2.46. The zero-order chi connectivity index (χ0) is 23.1. The number of ketones is 1. The van der Waals surface area contributed by atoms with Crippen molar-refractivity contribution < 1.29 is 34.1 Å². The Labute approximate surface area is 185 Å². The number of hydrogen-bond donors (Lipinski definition) is 2. The largest absolute Gasteiger partial charge is 0.469 e. The second-order valence-corrected chi connectivity index (χ2v) is 9.27. The number of allylic oxidation sites excluding steroid dienone is 2. The highest BCUT2D eigenvalue weighted by Gasteiger charge is 2.45. The van der Waals surface area contributed by atoms with Crippen LogP contribution in [-0.2, 0) is 23.9 Å². The van der Waals surface area contributed by atoms with Gasteiger partial charge in [-0.05, 0) is 37.0 Å². The summed E-state index contributed by atoms with van der Waals surface area (Å²) in [6.07, 6.45) is 4.73. The van der Waals surface area contributed by atoms with Gasteiger partial charge in [0.25, 0.3) is 0 Å². The standard InChI is InChI=1S/C24H38O7/c1-5-14(2)24(29)31-21-12-18(26)10-16-7-6-15(3)20(23(16)21)9-8-17(25)11-19(27)13-22(28)30-4/h6-7,14-16,18-21,23,26-27H,5,8-13H2,1-4H3/t14-,15-,16?,18+,19+,20-,21-,23?/m0/s1. The van der Waals surface area contributed by atoms with Gasteiger partial charge in [-0.1, -0.05) is 32.9 Å². The first-order valence-electron chi connectivity index (χ1n) is 11.5. The number of carbonyl (C=O) groups is 3. The molecule has 7 nitrogen and oxygen atoms in total. The van der Waals surface area contributed by atoms with Gasteiger partial charge in [0.2, 0.25) is 0 Å². The molecule has 2 rings (SSSR count). The fourth-order valence-corrected chi connectivity index (χ4v) is 4.93. The summed E-state index contributed by atoms with van der Waals surface area (Å²) in [7, 11) is 1.25. The third kappa shape index (κ3) is 7.14. The highest BCUT2D eigenvalue weighted by atomic mass is 16.5. The number of rotatable bonds is 10. The van der Waals surface area contributed by atoms with Gasteiger partial charge in [0.05, 0.1) is 31.7 Å². The number of esters is 2. The van der Waals surface area contributed by atoms with Gasteiger partial charge >= 0.3 is 11.9 Å². The maximum atomic E-state index is 12.5. The average Bonchev–Trinajstić information content (AvgIpc) is 2.72. The van der Waals surface area contributed by atoms with Crippen LogP contribution in [-0.4, -0.2) is 53.4 Å². The Hall–Kier alpha value is -1.73. The molecule has 1 fully saturated rings. The van der Waals surface area contributed by atoms with Crippen LogP contribution in [0.15, 0.2) is 12.2 Å². The first-order chi connectivity index (χ1) is 14.7. The lowest BCUT2D eigenvalue weighted by atomic mass is 9.62. The molecule has 0 aromatic heterocycles. The van der Waals surface area contributed by atoms with Crippen LogP contribution in [0.4, 0.5) is 0 Å². The normalized spacial score (nSPS) is 31.9. The molecule has 0 radical (unpaired) electrons. The molecule has 0 aliphatic heterocycles. The molecule has 176 valence electrons. The van der Waals surface area contributed by atoms with Crippen LogP contribution >= 0.6 is 0 Å². The third-order valence-electron chi connectivity index (χ3n) is 6.94. The summed E-state index contributed by atoms with van der Waals surface area (Å²) >= 11 is 0. The van der Waals surface area contributed by atoms with Crippen molar-refractivity contribution in [3.05, 3.63) is 12.2 Å². The number of Topliss-reactive ketones (excluding diaryl/α,β-unsaturated/α-hetero) is 1. The lowest BCUT2D eigenvalue weighted by Gasteiger charge is -2.47. The van der Waals surface area contributed by atoms with Crippen molar-refractivity contribution >= 4 is 17.7 Å². The molecule has 7 heteroatoms. The average molecular weight is 439 g/mol. The summed E-state index contributed by atoms with van der Waals surface area (Å²) in [6.45, 7) is 5.89. The van der Waals surface area contributed by atoms with Crippen molar-refractivity contribution in [2.24, 2.45) is 29.6 Å². The van der Waals surface area contributed by atoms with Crippen molar-refractivity contribution in [2.45, 2.75) is 84.0 Å². The second kappa shape index (κ2) is 11.8. The summed E-state index contributed by atoms with van der Waals surface area (Å²) in [6, 6.07) is 0. The van der Waals surface area contributed by atoms with E-state index < -0.39 is 18.2 Å². The Morgan fingerprint density at radius 2 is 1.87 bits per heavy atom. The molecular weight excluding hydrogens is 400 g/mol. The molecule has 0 spiro atoms. The summed E-state index contributed by atoms with van der Waals surface area (Å²) in [5.74, 6) is -0.537. The van der Waals surface area contributed by atoms with Crippen molar-refractivity contribution in [3.8, 4) is 0 Å². The van der Waals surface area contributed by atoms with E-state index in [2.05, 4.69) is 23.8 Å². The lowest BCUT2D eigenvalue weighted by Crippen LogP contribution is -2.47. The van der Waals surface area contributed by atoms with Crippen molar-refractivity contribution in [3.63, 3.8) is 0 Å². The van der Waals surface area contributed by atoms with E-state index in [0.29, 0.717) is 32.1 Å². The van der Waals surface area contributed by atoms with E-state index in [1.54, 1.807) is 0 Å². The quantitative estimate of drug-likeness (QED) is 0.399. The van der Waals surface area contributed by atoms with Gasteiger partial charge in [-0.25, -0.2) is 0 Å². The molecule has 2 aliphatic carbocycles. The van der Waals surface area contributed by atoms with Gasteiger partial charge in [0.1, 0.15) is 11.9 Å². The minimum atomic E-state index is -1.04. The molecule has 8 atom stereocenters. The van der Waals surface area contributed by atoms with E-state index in [9.17, 15) is 24.6 Å². The van der Waals surface area contributed by atoms with Crippen LogP contribution in [0.1, 0.15) is 65.7 Å². The Balaban J connectivity index is 2.05. The van der Waals surface area contributed by atoms with E-state index >= 15 is 0 Å². The fourth-order valence-electron chi connectivity index (χ4n) is 4.93. The van der Waals surface area contributed by atoms with Crippen LogP contribution in [0, 0.1) is 29.6 Å². The molecule has 2 aliphatic rings. The summed E-state index contributed by atoms with van der Waals surface area (Å²) < 4.78 is 10.4. The highest BCUT2D eigenvalue weighted by molar-refractivity contribution is 5.80. The van der Waals surface area contributed by atoms with E-state index in [1.165, 1.54) is 7.11 Å². The monoisotopic (exact) mass is 438 g/mol. The molecule has 0 saturated heterocycles. The minimum absolute atomic E-state index is 0.0594. The van der Waals surface area contributed by atoms with Crippen LogP contribution in [0.2, 0.25) is 0 Å². The number of carbonyl (C=O) groups excluding carboxylic acids is 3. The topological polar surface area (TPSA) is 110 Å². The van der Waals surface area contributed by atoms with Gasteiger partial charge in [-0.2, -0.15) is 0 Å². The molecule has 2 unspecified atom stereocenters. The first-order valence-corrected chi connectivity index (χ1v) is 11.5. The predicted octanol–water partition coefficient (Wildman–Crippen LogP) is 2.82. The number of fused-ring (bicyclic) bond motifs is 1. The van der Waals surface area contributed by atoms with Crippen LogP contribution in [0.3, 0.4) is 0 Å². The molecule has 0 amide bonds. The maximum absolute atomic E-state index is 12.5. The van der Waals surface area contributed by atoms with E-state index in [0.717, 1.165) is 0 Å². The summed E-state index contributed by atoms with van der Waals surface area (Å²) in [5, 5.41) is 20.3. The van der Waals surface area contributed by atoms with Crippen LogP contribution in [0.25, 0.3) is 0 Å². The van der Waals surface area contributed by atoms with Crippen molar-refractivity contribution in [2.75, 3.05) is 7.11 Å². The van der Waals surface area contributed by atoms with Crippen LogP contribution in [0.5, 0.6) is 0 Å². The van der Waals surface area contributed by atoms with Gasteiger partial charge in [-0.3, -0.25) is 14.4 Å². The van der Waals surface area contributed by atoms with E-state index in [4.69, 9.17) is 4.74 Å². The lowest BCUT2D eigenvalue weighted by molar-refractivity contribution is -0.166. The summed E-state index contributed by atoms with van der Waals surface area (Å²) in [4.78, 5) is 36.2. The van der Waals surface area contributed by atoms with Gasteiger partial charge < -0.3 is 19.7 Å². The Morgan fingerprint density at radius 3 is 2.52 bits per heavy atom. The van der Waals surface area contributed by atoms with Crippen LogP contribution < -0.4 is 0 Å². The molecule has 0 aromatic rings. The fraction of sp³-hybridized carbons (Fsp3) is 0.792. The molecule has 31 heavy (non-hydrogen) atoms. The number of aliphatic hydroxyl groups is 2. The summed E-state index contributed by atoms with van der Waals surface area (Å²) in [5.41, 5.74) is 0. The third-order valence-corrected chi connectivity index (χ3v) is 6.94. The molecule has 0 aromatic carbocycles. The van der Waals surface area contributed by atoms with Crippen molar-refractivity contribution in [1.29, 1.82) is 0 Å². The Bertz CT molecular complexity index is 658. The molecular formula is C24H38O7. The minimum Gasteiger partial charge on any atom is -0.469 e. The SMILES string of the molecule is CC[C@H](C)C(=O)O[C@H]1C[C@H](O)CC2C=C[C@H](C)[C@H](CCC(=O)C[C@@H](O)CC(=O)OC)C21. The van der Waals surface area contributed by atoms with Gasteiger partial charge in [-0.15, -0.1) is 0 Å².